The molecule has 0 bridgehead atoms. The number of carboxylic acid groups (broad SMARTS) is 1. The fraction of sp³-hybridized carbons (Fsp3) is 0.312. The number of carbonyl (C=O) groups is 1. The molecule has 1 heterocycles. The third kappa shape index (κ3) is 3.55. The van der Waals surface area contributed by atoms with Crippen molar-refractivity contribution < 1.29 is 14.6 Å². The third-order valence-corrected chi connectivity index (χ3v) is 4.68. The molecule has 5 heteroatoms. The first-order chi connectivity index (χ1) is 10.0. The van der Waals surface area contributed by atoms with E-state index in [4.69, 9.17) is 9.84 Å². The number of thiophene rings is 1. The fourth-order valence-electron chi connectivity index (χ4n) is 2.18. The van der Waals surface area contributed by atoms with Crippen LogP contribution in [0.3, 0.4) is 0 Å². The Balaban J connectivity index is 2.11. The summed E-state index contributed by atoms with van der Waals surface area (Å²) in [6.45, 7) is 2.12. The Morgan fingerprint density at radius 1 is 1.33 bits per heavy atom. The van der Waals surface area contributed by atoms with Crippen molar-refractivity contribution >= 4 is 22.3 Å². The molecule has 0 radical (unpaired) electrons. The van der Waals surface area contributed by atoms with Crippen molar-refractivity contribution in [2.24, 2.45) is 0 Å². The van der Waals surface area contributed by atoms with Crippen LogP contribution in [0.2, 0.25) is 0 Å². The number of methoxy groups -OCH3 is 1. The second-order valence-electron chi connectivity index (χ2n) is 4.92. The molecule has 2 rings (SSSR count). The number of para-hydroxylation sites is 1. The molecule has 4 nitrogen and oxygen atoms in total. The van der Waals surface area contributed by atoms with Gasteiger partial charge in [-0.05, 0) is 37.1 Å². The van der Waals surface area contributed by atoms with Gasteiger partial charge in [0.2, 0.25) is 0 Å². The first-order valence-corrected chi connectivity index (χ1v) is 7.52. The summed E-state index contributed by atoms with van der Waals surface area (Å²) in [5, 5.41) is 9.95. The minimum atomic E-state index is -0.878. The average molecular weight is 305 g/mol. The second-order valence-corrected chi connectivity index (χ2v) is 5.98. The average Bonchev–Trinajstić information content (AvgIpc) is 2.97. The van der Waals surface area contributed by atoms with Gasteiger partial charge >= 0.3 is 5.97 Å². The van der Waals surface area contributed by atoms with Crippen molar-refractivity contribution in [3.8, 4) is 5.75 Å². The molecule has 0 aliphatic rings. The van der Waals surface area contributed by atoms with Crippen molar-refractivity contribution in [3.05, 3.63) is 46.8 Å². The summed E-state index contributed by atoms with van der Waals surface area (Å²) < 4.78 is 5.37. The molecule has 1 N–H and O–H groups in total. The van der Waals surface area contributed by atoms with Crippen molar-refractivity contribution in [1.82, 2.24) is 0 Å². The van der Waals surface area contributed by atoms with Crippen LogP contribution >= 0.6 is 11.3 Å². The normalized spacial score (nSPS) is 12.0. The minimum absolute atomic E-state index is 0.238. The van der Waals surface area contributed by atoms with Gasteiger partial charge in [0.25, 0.3) is 0 Å². The highest BCUT2D eigenvalue weighted by molar-refractivity contribution is 7.17. The van der Waals surface area contributed by atoms with Crippen molar-refractivity contribution in [2.75, 3.05) is 19.1 Å². The summed E-state index contributed by atoms with van der Waals surface area (Å²) in [4.78, 5) is 13.4. The molecule has 0 aliphatic carbocycles. The maximum Gasteiger partial charge on any atom is 0.345 e. The zero-order valence-electron chi connectivity index (χ0n) is 12.4. The van der Waals surface area contributed by atoms with Crippen LogP contribution in [0.15, 0.2) is 36.4 Å². The molecule has 0 fully saturated rings. The molecule has 1 aromatic carbocycles. The molecular formula is C16H19NO3S. The number of hydrogen-bond acceptors (Lipinski definition) is 4. The highest BCUT2D eigenvalue weighted by Gasteiger charge is 2.16. The van der Waals surface area contributed by atoms with Gasteiger partial charge in [0, 0.05) is 13.1 Å². The SMILES string of the molecule is COc1ccccc1CC(C)N(C)c1ccc(C(=O)O)s1. The van der Waals surface area contributed by atoms with E-state index in [2.05, 4.69) is 17.9 Å². The quantitative estimate of drug-likeness (QED) is 0.887. The van der Waals surface area contributed by atoms with Gasteiger partial charge in [-0.2, -0.15) is 0 Å². The van der Waals surface area contributed by atoms with Crippen LogP contribution in [-0.4, -0.2) is 31.3 Å². The van der Waals surface area contributed by atoms with E-state index in [0.717, 1.165) is 22.7 Å². The summed E-state index contributed by atoms with van der Waals surface area (Å²) in [5.41, 5.74) is 1.15. The maximum absolute atomic E-state index is 11.0. The molecular weight excluding hydrogens is 286 g/mol. The molecule has 0 saturated carbocycles. The smallest absolute Gasteiger partial charge is 0.345 e. The lowest BCUT2D eigenvalue weighted by Gasteiger charge is -2.26. The van der Waals surface area contributed by atoms with Gasteiger partial charge < -0.3 is 14.7 Å². The summed E-state index contributed by atoms with van der Waals surface area (Å²) >= 11 is 1.29. The van der Waals surface area contributed by atoms with Crippen LogP contribution in [0.4, 0.5) is 5.00 Å². The van der Waals surface area contributed by atoms with Crippen molar-refractivity contribution in [3.63, 3.8) is 0 Å². The lowest BCUT2D eigenvalue weighted by molar-refractivity contribution is 0.0702. The number of rotatable bonds is 6. The van der Waals surface area contributed by atoms with E-state index < -0.39 is 5.97 Å². The second kappa shape index (κ2) is 6.63. The Morgan fingerprint density at radius 2 is 2.05 bits per heavy atom. The predicted molar refractivity (Wildman–Crippen MR) is 85.8 cm³/mol. The molecule has 0 aliphatic heterocycles. The van der Waals surface area contributed by atoms with Gasteiger partial charge in [-0.25, -0.2) is 4.79 Å². The molecule has 1 aromatic heterocycles. The van der Waals surface area contributed by atoms with Crippen LogP contribution in [-0.2, 0) is 6.42 Å². The Labute approximate surface area is 128 Å². The lowest BCUT2D eigenvalue weighted by atomic mass is 10.1. The Bertz CT molecular complexity index is 623. The number of hydrogen-bond donors (Lipinski definition) is 1. The predicted octanol–water partition coefficient (Wildman–Crippen LogP) is 3.52. The molecule has 112 valence electrons. The van der Waals surface area contributed by atoms with Gasteiger partial charge in [0.05, 0.1) is 12.1 Å². The number of ether oxygens (including phenoxy) is 1. The lowest BCUT2D eigenvalue weighted by Crippen LogP contribution is -2.30. The highest BCUT2D eigenvalue weighted by Crippen LogP contribution is 2.28. The Hall–Kier alpha value is -2.01. The van der Waals surface area contributed by atoms with Gasteiger partial charge in [-0.1, -0.05) is 18.2 Å². The number of likely N-dealkylation sites (N-methyl/N-ethyl adjacent to an activating group) is 1. The van der Waals surface area contributed by atoms with Crippen LogP contribution in [0.1, 0.15) is 22.2 Å². The molecule has 2 aromatic rings. The molecule has 0 saturated heterocycles. The molecule has 21 heavy (non-hydrogen) atoms. The summed E-state index contributed by atoms with van der Waals surface area (Å²) in [6, 6.07) is 11.7. The van der Waals surface area contributed by atoms with E-state index in [9.17, 15) is 4.79 Å². The van der Waals surface area contributed by atoms with Gasteiger partial charge in [0.15, 0.2) is 0 Å². The number of carboxylic acids is 1. The van der Waals surface area contributed by atoms with Crippen molar-refractivity contribution in [2.45, 2.75) is 19.4 Å². The van der Waals surface area contributed by atoms with Crippen LogP contribution in [0, 0.1) is 0 Å². The zero-order chi connectivity index (χ0) is 15.4. The molecule has 1 unspecified atom stereocenters. The van der Waals surface area contributed by atoms with Gasteiger partial charge in [-0.15, -0.1) is 11.3 Å². The first kappa shape index (κ1) is 15.4. The monoisotopic (exact) mass is 305 g/mol. The van der Waals surface area contributed by atoms with Gasteiger partial charge in [0.1, 0.15) is 10.6 Å². The number of anilines is 1. The summed E-state index contributed by atoms with van der Waals surface area (Å²) in [6.07, 6.45) is 0.834. The molecule has 0 amide bonds. The van der Waals surface area contributed by atoms with E-state index in [1.54, 1.807) is 13.2 Å². The van der Waals surface area contributed by atoms with E-state index in [1.807, 2.05) is 31.3 Å². The van der Waals surface area contributed by atoms with Crippen LogP contribution in [0.25, 0.3) is 0 Å². The molecule has 1 atom stereocenters. The molecule has 0 spiro atoms. The first-order valence-electron chi connectivity index (χ1n) is 6.70. The van der Waals surface area contributed by atoms with E-state index in [0.29, 0.717) is 4.88 Å². The Kier molecular flexibility index (Phi) is 4.85. The third-order valence-electron chi connectivity index (χ3n) is 3.52. The Morgan fingerprint density at radius 3 is 2.67 bits per heavy atom. The van der Waals surface area contributed by atoms with E-state index in [-0.39, 0.29) is 6.04 Å². The maximum atomic E-state index is 11.0. The summed E-state index contributed by atoms with van der Waals surface area (Å²) in [5.74, 6) is 0.00665. The topological polar surface area (TPSA) is 49.8 Å². The fourth-order valence-corrected chi connectivity index (χ4v) is 3.08. The summed E-state index contributed by atoms with van der Waals surface area (Å²) in [7, 11) is 3.66. The minimum Gasteiger partial charge on any atom is -0.496 e. The van der Waals surface area contributed by atoms with Crippen molar-refractivity contribution in [1.29, 1.82) is 0 Å². The zero-order valence-corrected chi connectivity index (χ0v) is 13.2. The number of benzene rings is 1. The van der Waals surface area contributed by atoms with E-state index >= 15 is 0 Å². The van der Waals surface area contributed by atoms with E-state index in [1.165, 1.54) is 11.3 Å². The standard InChI is InChI=1S/C16H19NO3S/c1-11(10-12-6-4-5-7-13(12)20-3)17(2)15-9-8-14(21-15)16(18)19/h4-9,11H,10H2,1-3H3,(H,18,19). The highest BCUT2D eigenvalue weighted by atomic mass is 32.1. The van der Waals surface area contributed by atoms with Crippen LogP contribution < -0.4 is 9.64 Å². The number of nitrogens with zero attached hydrogens (tertiary/aromatic N) is 1. The largest absolute Gasteiger partial charge is 0.496 e. The number of aromatic carboxylic acids is 1. The van der Waals surface area contributed by atoms with Gasteiger partial charge in [-0.3, -0.25) is 0 Å². The van der Waals surface area contributed by atoms with Crippen LogP contribution in [0.5, 0.6) is 5.75 Å².